The molecule has 1 amide bonds. The predicted octanol–water partition coefficient (Wildman–Crippen LogP) is 1.72. The number of hydrogen-bond acceptors (Lipinski definition) is 2. The maximum atomic E-state index is 12.4. The Balaban J connectivity index is 2.21. The van der Waals surface area contributed by atoms with Crippen molar-refractivity contribution in [2.45, 2.75) is 20.3 Å². The van der Waals surface area contributed by atoms with Crippen LogP contribution in [-0.2, 0) is 0 Å². The van der Waals surface area contributed by atoms with Gasteiger partial charge in [0.1, 0.15) is 0 Å². The molecule has 1 aromatic carbocycles. The van der Waals surface area contributed by atoms with Crippen LogP contribution in [0.1, 0.15) is 27.9 Å². The van der Waals surface area contributed by atoms with Gasteiger partial charge < -0.3 is 10.6 Å². The fourth-order valence-electron chi connectivity index (χ4n) is 2.52. The lowest BCUT2D eigenvalue weighted by Crippen LogP contribution is -2.30. The van der Waals surface area contributed by atoms with E-state index in [0.717, 1.165) is 36.2 Å². The third-order valence-corrected chi connectivity index (χ3v) is 3.60. The zero-order chi connectivity index (χ0) is 12.4. The third kappa shape index (κ3) is 2.34. The van der Waals surface area contributed by atoms with Gasteiger partial charge in [-0.3, -0.25) is 4.79 Å². The zero-order valence-electron chi connectivity index (χ0n) is 10.6. The number of nitrogens with two attached hydrogens (primary N) is 1. The Morgan fingerprint density at radius 2 is 2.06 bits per heavy atom. The molecule has 1 aromatic rings. The molecule has 0 bridgehead atoms. The minimum absolute atomic E-state index is 0.163. The Bertz CT molecular complexity index is 408. The Kier molecular flexibility index (Phi) is 3.48. The topological polar surface area (TPSA) is 46.3 Å². The van der Waals surface area contributed by atoms with Gasteiger partial charge in [-0.25, -0.2) is 0 Å². The Morgan fingerprint density at radius 3 is 2.59 bits per heavy atom. The van der Waals surface area contributed by atoms with Crippen molar-refractivity contribution in [2.24, 2.45) is 11.7 Å². The van der Waals surface area contributed by atoms with Gasteiger partial charge in [0.25, 0.3) is 5.91 Å². The Labute approximate surface area is 103 Å². The number of carbonyl (C=O) groups is 1. The van der Waals surface area contributed by atoms with Gasteiger partial charge in [0.2, 0.25) is 0 Å². The van der Waals surface area contributed by atoms with Gasteiger partial charge in [-0.05, 0) is 43.9 Å². The van der Waals surface area contributed by atoms with Gasteiger partial charge in [0.15, 0.2) is 0 Å². The molecule has 0 radical (unpaired) electrons. The minimum atomic E-state index is 0.163. The van der Waals surface area contributed by atoms with Crippen molar-refractivity contribution in [1.82, 2.24) is 4.90 Å². The number of amides is 1. The summed E-state index contributed by atoms with van der Waals surface area (Å²) >= 11 is 0. The normalized spacial score (nSPS) is 19.7. The van der Waals surface area contributed by atoms with Crippen LogP contribution in [0.5, 0.6) is 0 Å². The number of aryl methyl sites for hydroxylation is 2. The standard InChI is InChI=1S/C14H20N2O/c1-10-4-3-5-11(2)13(10)14(17)16-7-6-12(8-15)9-16/h3-5,12H,6-9,15H2,1-2H3. The first kappa shape index (κ1) is 12.1. The number of carbonyl (C=O) groups excluding carboxylic acids is 1. The average molecular weight is 232 g/mol. The second kappa shape index (κ2) is 4.88. The van der Waals surface area contributed by atoms with E-state index in [1.54, 1.807) is 0 Å². The molecule has 1 aliphatic rings. The van der Waals surface area contributed by atoms with Crippen molar-refractivity contribution >= 4 is 5.91 Å². The first-order chi connectivity index (χ1) is 8.13. The first-order valence-electron chi connectivity index (χ1n) is 6.19. The molecule has 1 atom stereocenters. The van der Waals surface area contributed by atoms with E-state index in [0.29, 0.717) is 12.5 Å². The highest BCUT2D eigenvalue weighted by atomic mass is 16.2. The summed E-state index contributed by atoms with van der Waals surface area (Å²) in [6.45, 7) is 6.32. The molecule has 1 saturated heterocycles. The summed E-state index contributed by atoms with van der Waals surface area (Å²) in [5, 5.41) is 0. The maximum absolute atomic E-state index is 12.4. The van der Waals surface area contributed by atoms with E-state index in [4.69, 9.17) is 5.73 Å². The van der Waals surface area contributed by atoms with E-state index >= 15 is 0 Å². The highest BCUT2D eigenvalue weighted by molar-refractivity contribution is 5.97. The van der Waals surface area contributed by atoms with Gasteiger partial charge in [-0.1, -0.05) is 18.2 Å². The van der Waals surface area contributed by atoms with Crippen molar-refractivity contribution in [3.05, 3.63) is 34.9 Å². The number of nitrogens with zero attached hydrogens (tertiary/aromatic N) is 1. The molecule has 0 saturated carbocycles. The molecule has 3 heteroatoms. The lowest BCUT2D eigenvalue weighted by atomic mass is 10.0. The van der Waals surface area contributed by atoms with Gasteiger partial charge in [0.05, 0.1) is 0 Å². The average Bonchev–Trinajstić information content (AvgIpc) is 2.77. The first-order valence-corrected chi connectivity index (χ1v) is 6.19. The second-order valence-corrected chi connectivity index (χ2v) is 4.91. The third-order valence-electron chi connectivity index (χ3n) is 3.60. The minimum Gasteiger partial charge on any atom is -0.338 e. The van der Waals surface area contributed by atoms with E-state index in [1.807, 2.05) is 36.9 Å². The molecule has 3 nitrogen and oxygen atoms in total. The van der Waals surface area contributed by atoms with Crippen LogP contribution in [0.25, 0.3) is 0 Å². The number of rotatable bonds is 2. The summed E-state index contributed by atoms with van der Waals surface area (Å²) < 4.78 is 0. The van der Waals surface area contributed by atoms with Crippen LogP contribution in [0.4, 0.5) is 0 Å². The summed E-state index contributed by atoms with van der Waals surface area (Å²) in [5.74, 6) is 0.639. The number of benzene rings is 1. The van der Waals surface area contributed by atoms with Crippen molar-refractivity contribution < 1.29 is 4.79 Å². The summed E-state index contributed by atoms with van der Waals surface area (Å²) in [4.78, 5) is 14.4. The molecule has 1 fully saturated rings. The van der Waals surface area contributed by atoms with Crippen LogP contribution in [0.2, 0.25) is 0 Å². The van der Waals surface area contributed by atoms with E-state index in [-0.39, 0.29) is 5.91 Å². The molecule has 92 valence electrons. The molecule has 1 aliphatic heterocycles. The van der Waals surface area contributed by atoms with Crippen molar-refractivity contribution in [3.63, 3.8) is 0 Å². The lowest BCUT2D eigenvalue weighted by Gasteiger charge is -2.19. The van der Waals surface area contributed by atoms with Crippen LogP contribution >= 0.6 is 0 Å². The van der Waals surface area contributed by atoms with Crippen molar-refractivity contribution in [1.29, 1.82) is 0 Å². The van der Waals surface area contributed by atoms with Crippen molar-refractivity contribution in [2.75, 3.05) is 19.6 Å². The zero-order valence-corrected chi connectivity index (χ0v) is 10.6. The van der Waals surface area contributed by atoms with Crippen molar-refractivity contribution in [3.8, 4) is 0 Å². The smallest absolute Gasteiger partial charge is 0.254 e. The molecule has 2 rings (SSSR count). The fraction of sp³-hybridized carbons (Fsp3) is 0.500. The van der Waals surface area contributed by atoms with Crippen LogP contribution < -0.4 is 5.73 Å². The molecular formula is C14H20N2O. The molecule has 1 unspecified atom stereocenters. The fourth-order valence-corrected chi connectivity index (χ4v) is 2.52. The highest BCUT2D eigenvalue weighted by Crippen LogP contribution is 2.21. The molecule has 2 N–H and O–H groups in total. The SMILES string of the molecule is Cc1cccc(C)c1C(=O)N1CCC(CN)C1. The van der Waals surface area contributed by atoms with Gasteiger partial charge >= 0.3 is 0 Å². The van der Waals surface area contributed by atoms with E-state index in [1.165, 1.54) is 0 Å². The molecule has 1 heterocycles. The Hall–Kier alpha value is -1.35. The summed E-state index contributed by atoms with van der Waals surface area (Å²) in [6.07, 6.45) is 1.03. The molecule has 0 spiro atoms. The van der Waals surface area contributed by atoms with Crippen LogP contribution in [0.3, 0.4) is 0 Å². The van der Waals surface area contributed by atoms with Crippen LogP contribution in [-0.4, -0.2) is 30.4 Å². The monoisotopic (exact) mass is 232 g/mol. The highest BCUT2D eigenvalue weighted by Gasteiger charge is 2.27. The molecular weight excluding hydrogens is 212 g/mol. The van der Waals surface area contributed by atoms with Gasteiger partial charge in [-0.15, -0.1) is 0 Å². The van der Waals surface area contributed by atoms with Crippen LogP contribution in [0.15, 0.2) is 18.2 Å². The quantitative estimate of drug-likeness (QED) is 0.844. The van der Waals surface area contributed by atoms with Gasteiger partial charge in [-0.2, -0.15) is 0 Å². The van der Waals surface area contributed by atoms with Gasteiger partial charge in [0, 0.05) is 18.7 Å². The summed E-state index contributed by atoms with van der Waals surface area (Å²) in [5.41, 5.74) is 8.65. The van der Waals surface area contributed by atoms with Crippen LogP contribution in [0, 0.1) is 19.8 Å². The van der Waals surface area contributed by atoms with E-state index in [2.05, 4.69) is 0 Å². The largest absolute Gasteiger partial charge is 0.338 e. The number of hydrogen-bond donors (Lipinski definition) is 1. The molecule has 17 heavy (non-hydrogen) atoms. The maximum Gasteiger partial charge on any atom is 0.254 e. The summed E-state index contributed by atoms with van der Waals surface area (Å²) in [7, 11) is 0. The number of likely N-dealkylation sites (tertiary alicyclic amines) is 1. The second-order valence-electron chi connectivity index (χ2n) is 4.91. The molecule has 0 aromatic heterocycles. The van der Waals surface area contributed by atoms with E-state index < -0.39 is 0 Å². The molecule has 0 aliphatic carbocycles. The predicted molar refractivity (Wildman–Crippen MR) is 69.0 cm³/mol. The Morgan fingerprint density at radius 1 is 1.41 bits per heavy atom. The summed E-state index contributed by atoms with van der Waals surface area (Å²) in [6, 6.07) is 5.99. The van der Waals surface area contributed by atoms with E-state index in [9.17, 15) is 4.79 Å². The lowest BCUT2D eigenvalue weighted by molar-refractivity contribution is 0.0786.